The van der Waals surface area contributed by atoms with E-state index in [1.54, 1.807) is 30.5 Å². The molecule has 0 unspecified atom stereocenters. The summed E-state index contributed by atoms with van der Waals surface area (Å²) < 4.78 is 0. The van der Waals surface area contributed by atoms with Crippen LogP contribution in [0.25, 0.3) is 0 Å². The first-order chi connectivity index (χ1) is 9.10. The van der Waals surface area contributed by atoms with Crippen molar-refractivity contribution < 1.29 is 9.90 Å². The second-order valence-corrected chi connectivity index (χ2v) is 4.19. The number of rotatable bonds is 3. The van der Waals surface area contributed by atoms with Gasteiger partial charge in [0.05, 0.1) is 5.69 Å². The molecule has 0 atom stereocenters. The molecule has 1 aromatic carbocycles. The molecule has 0 saturated heterocycles. The summed E-state index contributed by atoms with van der Waals surface area (Å²) in [6.45, 7) is 2.10. The number of nitrogens with zero attached hydrogens (tertiary/aromatic N) is 1. The predicted octanol–water partition coefficient (Wildman–Crippen LogP) is 1.81. The first-order valence-corrected chi connectivity index (χ1v) is 5.86. The number of pyridine rings is 1. The number of phenols is 1. The minimum atomic E-state index is -0.231. The molecule has 1 aromatic heterocycles. The summed E-state index contributed by atoms with van der Waals surface area (Å²) in [7, 11) is 0. The summed E-state index contributed by atoms with van der Waals surface area (Å²) in [4.78, 5) is 16.1. The maximum Gasteiger partial charge on any atom is 0.255 e. The number of phenolic OH excluding ortho intramolecular Hbond substituents is 1. The fourth-order valence-corrected chi connectivity index (χ4v) is 1.71. The van der Waals surface area contributed by atoms with E-state index in [2.05, 4.69) is 10.3 Å². The van der Waals surface area contributed by atoms with Crippen molar-refractivity contribution in [3.63, 3.8) is 0 Å². The Morgan fingerprint density at radius 3 is 2.84 bits per heavy atom. The topological polar surface area (TPSA) is 88.2 Å². The molecule has 0 aliphatic carbocycles. The highest BCUT2D eigenvalue weighted by Crippen LogP contribution is 2.20. The van der Waals surface area contributed by atoms with Crippen molar-refractivity contribution in [3.05, 3.63) is 53.3 Å². The first-order valence-electron chi connectivity index (χ1n) is 5.86. The van der Waals surface area contributed by atoms with Crippen LogP contribution in [0.3, 0.4) is 0 Å². The Kier molecular flexibility index (Phi) is 3.77. The molecule has 2 aromatic rings. The minimum Gasteiger partial charge on any atom is -0.508 e. The molecule has 19 heavy (non-hydrogen) atoms. The van der Waals surface area contributed by atoms with Crippen LogP contribution < -0.4 is 11.1 Å². The van der Waals surface area contributed by atoms with Gasteiger partial charge >= 0.3 is 0 Å². The maximum absolute atomic E-state index is 12.1. The average molecular weight is 257 g/mol. The first kappa shape index (κ1) is 13.0. The number of carbonyl (C=O) groups excluding carboxylic acids is 1. The molecule has 5 nitrogen and oxygen atoms in total. The summed E-state index contributed by atoms with van der Waals surface area (Å²) in [5.41, 5.74) is 8.11. The molecule has 98 valence electrons. The van der Waals surface area contributed by atoms with Crippen LogP contribution in [0.15, 0.2) is 36.5 Å². The Bertz CT molecular complexity index is 611. The van der Waals surface area contributed by atoms with Gasteiger partial charge in [-0.3, -0.25) is 9.78 Å². The monoisotopic (exact) mass is 257 g/mol. The van der Waals surface area contributed by atoms with Crippen molar-refractivity contribution in [3.8, 4) is 5.75 Å². The lowest BCUT2D eigenvalue weighted by molar-refractivity contribution is 0.102. The van der Waals surface area contributed by atoms with Crippen molar-refractivity contribution in [2.24, 2.45) is 5.73 Å². The van der Waals surface area contributed by atoms with Gasteiger partial charge < -0.3 is 16.2 Å². The van der Waals surface area contributed by atoms with Gasteiger partial charge in [-0.25, -0.2) is 0 Å². The van der Waals surface area contributed by atoms with E-state index in [1.807, 2.05) is 6.92 Å². The molecule has 0 bridgehead atoms. The third-order valence-corrected chi connectivity index (χ3v) is 2.75. The van der Waals surface area contributed by atoms with Crippen molar-refractivity contribution >= 4 is 11.6 Å². The van der Waals surface area contributed by atoms with Gasteiger partial charge in [-0.2, -0.15) is 0 Å². The maximum atomic E-state index is 12.1. The number of aromatic hydroxyl groups is 1. The van der Waals surface area contributed by atoms with Crippen LogP contribution in [-0.2, 0) is 6.54 Å². The summed E-state index contributed by atoms with van der Waals surface area (Å²) in [5.74, 6) is -0.0595. The highest BCUT2D eigenvalue weighted by molar-refractivity contribution is 6.04. The summed E-state index contributed by atoms with van der Waals surface area (Å²) >= 11 is 0. The lowest BCUT2D eigenvalue weighted by atomic mass is 10.1. The Labute approximate surface area is 111 Å². The van der Waals surface area contributed by atoms with Crippen LogP contribution in [0.5, 0.6) is 5.75 Å². The molecular formula is C14H15N3O2. The van der Waals surface area contributed by atoms with Crippen LogP contribution in [-0.4, -0.2) is 16.0 Å². The van der Waals surface area contributed by atoms with Gasteiger partial charge in [0.1, 0.15) is 5.75 Å². The number of amides is 1. The molecule has 0 aliphatic rings. The molecule has 1 amide bonds. The number of nitrogens with two attached hydrogens (primary N) is 1. The van der Waals surface area contributed by atoms with Gasteiger partial charge in [-0.15, -0.1) is 0 Å². The van der Waals surface area contributed by atoms with Gasteiger partial charge in [0.25, 0.3) is 5.91 Å². The van der Waals surface area contributed by atoms with E-state index < -0.39 is 0 Å². The van der Waals surface area contributed by atoms with E-state index >= 15 is 0 Å². The van der Waals surface area contributed by atoms with Crippen molar-refractivity contribution in [2.45, 2.75) is 13.5 Å². The molecule has 5 heteroatoms. The number of hydrogen-bond acceptors (Lipinski definition) is 4. The summed E-state index contributed by atoms with van der Waals surface area (Å²) in [6, 6.07) is 8.07. The zero-order chi connectivity index (χ0) is 13.8. The van der Waals surface area contributed by atoms with E-state index in [9.17, 15) is 9.90 Å². The minimum absolute atomic E-state index is 0.171. The number of aryl methyl sites for hydroxylation is 1. The largest absolute Gasteiger partial charge is 0.508 e. The Hall–Kier alpha value is -2.40. The van der Waals surface area contributed by atoms with E-state index in [1.165, 1.54) is 6.07 Å². The van der Waals surface area contributed by atoms with Crippen molar-refractivity contribution in [2.75, 3.05) is 5.32 Å². The number of benzene rings is 1. The normalized spacial score (nSPS) is 10.2. The molecule has 0 saturated carbocycles. The third kappa shape index (κ3) is 3.08. The van der Waals surface area contributed by atoms with E-state index in [4.69, 9.17) is 5.73 Å². The molecule has 0 radical (unpaired) electrons. The van der Waals surface area contributed by atoms with Crippen LogP contribution >= 0.6 is 0 Å². The van der Waals surface area contributed by atoms with E-state index in [0.29, 0.717) is 23.5 Å². The van der Waals surface area contributed by atoms with Gasteiger partial charge in [-0.05, 0) is 42.8 Å². The summed E-state index contributed by atoms with van der Waals surface area (Å²) in [6.07, 6.45) is 1.56. The van der Waals surface area contributed by atoms with Crippen LogP contribution in [0.1, 0.15) is 21.6 Å². The Balaban J connectivity index is 2.20. The highest BCUT2D eigenvalue weighted by Gasteiger charge is 2.08. The van der Waals surface area contributed by atoms with Crippen molar-refractivity contribution in [1.82, 2.24) is 4.98 Å². The third-order valence-electron chi connectivity index (χ3n) is 2.75. The number of carbonyl (C=O) groups is 1. The average Bonchev–Trinajstić information content (AvgIpc) is 2.42. The molecule has 1 heterocycles. The van der Waals surface area contributed by atoms with Crippen LogP contribution in [0.2, 0.25) is 0 Å². The molecule has 0 fully saturated rings. The molecule has 2 rings (SSSR count). The number of hydrogen-bond donors (Lipinski definition) is 3. The summed E-state index contributed by atoms with van der Waals surface area (Å²) in [5, 5.41) is 12.1. The zero-order valence-electron chi connectivity index (χ0n) is 10.6. The molecule has 0 aliphatic heterocycles. The SMILES string of the molecule is Cc1cc(O)ccc1NC(=O)c1ccnc(CN)c1. The molecular weight excluding hydrogens is 242 g/mol. The highest BCUT2D eigenvalue weighted by atomic mass is 16.3. The second kappa shape index (κ2) is 5.49. The number of anilines is 1. The lowest BCUT2D eigenvalue weighted by Gasteiger charge is -2.09. The Morgan fingerprint density at radius 2 is 2.16 bits per heavy atom. The van der Waals surface area contributed by atoms with Crippen LogP contribution in [0, 0.1) is 6.92 Å². The van der Waals surface area contributed by atoms with Gasteiger partial charge in [0, 0.05) is 24.0 Å². The number of nitrogens with one attached hydrogen (secondary N) is 1. The fraction of sp³-hybridized carbons (Fsp3) is 0.143. The molecule has 0 spiro atoms. The van der Waals surface area contributed by atoms with Gasteiger partial charge in [-0.1, -0.05) is 0 Å². The fourth-order valence-electron chi connectivity index (χ4n) is 1.71. The van der Waals surface area contributed by atoms with Gasteiger partial charge in [0.15, 0.2) is 0 Å². The van der Waals surface area contributed by atoms with Crippen LogP contribution in [0.4, 0.5) is 5.69 Å². The smallest absolute Gasteiger partial charge is 0.255 e. The Morgan fingerprint density at radius 1 is 1.37 bits per heavy atom. The predicted molar refractivity (Wildman–Crippen MR) is 72.9 cm³/mol. The molecule has 4 N–H and O–H groups in total. The number of aromatic nitrogens is 1. The lowest BCUT2D eigenvalue weighted by Crippen LogP contribution is -2.13. The van der Waals surface area contributed by atoms with Gasteiger partial charge in [0.2, 0.25) is 0 Å². The van der Waals surface area contributed by atoms with E-state index in [0.717, 1.165) is 5.56 Å². The zero-order valence-corrected chi connectivity index (χ0v) is 10.6. The second-order valence-electron chi connectivity index (χ2n) is 4.19. The van der Waals surface area contributed by atoms with E-state index in [-0.39, 0.29) is 11.7 Å². The quantitative estimate of drug-likeness (QED) is 0.732. The van der Waals surface area contributed by atoms with Crippen molar-refractivity contribution in [1.29, 1.82) is 0 Å². The standard InChI is InChI=1S/C14H15N3O2/c1-9-6-12(18)2-3-13(9)17-14(19)10-4-5-16-11(7-10)8-15/h2-7,18H,8,15H2,1H3,(H,17,19).